The van der Waals surface area contributed by atoms with Crippen molar-refractivity contribution in [1.29, 1.82) is 0 Å². The van der Waals surface area contributed by atoms with Crippen LogP contribution in [0, 0.1) is 6.92 Å². The van der Waals surface area contributed by atoms with Crippen molar-refractivity contribution in [1.82, 2.24) is 10.5 Å². The maximum atomic E-state index is 12.6. The quantitative estimate of drug-likeness (QED) is 0.618. The first-order valence-corrected chi connectivity index (χ1v) is 5.26. The molecule has 2 rings (SSSR count). The second kappa shape index (κ2) is 4.51. The van der Waals surface area contributed by atoms with E-state index in [4.69, 9.17) is 5.21 Å². The predicted molar refractivity (Wildman–Crippen MR) is 60.7 cm³/mol. The molecule has 1 heterocycles. The van der Waals surface area contributed by atoms with Crippen molar-refractivity contribution in [2.24, 2.45) is 0 Å². The van der Waals surface area contributed by atoms with Gasteiger partial charge in [0.25, 0.3) is 5.91 Å². The van der Waals surface area contributed by atoms with Crippen LogP contribution >= 0.6 is 0 Å². The van der Waals surface area contributed by atoms with Crippen LogP contribution < -0.4 is 5.48 Å². The average Bonchev–Trinajstić information content (AvgIpc) is 2.35. The fraction of sp³-hybridized carbons (Fsp3) is 0.167. The molecule has 19 heavy (non-hydrogen) atoms. The molecule has 0 bridgehead atoms. The molecule has 1 aromatic carbocycles. The number of hydroxylamine groups is 1. The van der Waals surface area contributed by atoms with Crippen molar-refractivity contribution in [3.8, 4) is 0 Å². The summed E-state index contributed by atoms with van der Waals surface area (Å²) in [5, 5.41) is 8.66. The van der Waals surface area contributed by atoms with Crippen LogP contribution in [0.2, 0.25) is 0 Å². The Morgan fingerprint density at radius 1 is 1.32 bits per heavy atom. The topological polar surface area (TPSA) is 62.2 Å². The molecule has 0 unspecified atom stereocenters. The molecule has 0 saturated carbocycles. The highest BCUT2D eigenvalue weighted by Crippen LogP contribution is 2.32. The van der Waals surface area contributed by atoms with Crippen LogP contribution in [0.1, 0.15) is 21.6 Å². The summed E-state index contributed by atoms with van der Waals surface area (Å²) in [6.45, 7) is 1.60. The molecule has 100 valence electrons. The zero-order valence-corrected chi connectivity index (χ0v) is 9.75. The van der Waals surface area contributed by atoms with Crippen molar-refractivity contribution >= 4 is 16.8 Å². The van der Waals surface area contributed by atoms with Gasteiger partial charge in [-0.25, -0.2) is 5.48 Å². The largest absolute Gasteiger partial charge is 0.416 e. The van der Waals surface area contributed by atoms with Crippen LogP contribution in [0.3, 0.4) is 0 Å². The molecule has 0 aliphatic carbocycles. The molecule has 2 N–H and O–H groups in total. The molecular formula is C12H9F3N2O2. The van der Waals surface area contributed by atoms with Gasteiger partial charge in [0.2, 0.25) is 0 Å². The van der Waals surface area contributed by atoms with Crippen molar-refractivity contribution in [2.75, 3.05) is 0 Å². The number of nitrogens with one attached hydrogen (secondary N) is 1. The molecule has 1 amide bonds. The first-order chi connectivity index (χ1) is 8.82. The summed E-state index contributed by atoms with van der Waals surface area (Å²) in [6, 6.07) is 4.25. The van der Waals surface area contributed by atoms with Crippen molar-refractivity contribution in [3.05, 3.63) is 41.1 Å². The van der Waals surface area contributed by atoms with E-state index >= 15 is 0 Å². The van der Waals surface area contributed by atoms with Gasteiger partial charge in [0.05, 0.1) is 16.6 Å². The Morgan fingerprint density at radius 2 is 2.00 bits per heavy atom. The summed E-state index contributed by atoms with van der Waals surface area (Å²) in [7, 11) is 0. The number of carbonyl (C=O) groups excluding carboxylic acids is 1. The van der Waals surface area contributed by atoms with Crippen LogP contribution in [0.5, 0.6) is 0 Å². The first-order valence-electron chi connectivity index (χ1n) is 5.26. The van der Waals surface area contributed by atoms with E-state index in [1.165, 1.54) is 17.6 Å². The third kappa shape index (κ3) is 2.50. The normalized spacial score (nSPS) is 11.6. The van der Waals surface area contributed by atoms with Gasteiger partial charge in [-0.1, -0.05) is 0 Å². The van der Waals surface area contributed by atoms with E-state index in [0.29, 0.717) is 5.69 Å². The maximum absolute atomic E-state index is 12.6. The second-order valence-corrected chi connectivity index (χ2v) is 3.98. The number of aromatic nitrogens is 1. The Hall–Kier alpha value is -2.15. The molecule has 0 radical (unpaired) electrons. The van der Waals surface area contributed by atoms with E-state index in [9.17, 15) is 18.0 Å². The lowest BCUT2D eigenvalue weighted by Gasteiger charge is -2.10. The number of aryl methyl sites for hydroxylation is 1. The fourth-order valence-electron chi connectivity index (χ4n) is 1.78. The highest BCUT2D eigenvalue weighted by molar-refractivity contribution is 6.05. The van der Waals surface area contributed by atoms with E-state index in [1.807, 2.05) is 0 Å². The summed E-state index contributed by atoms with van der Waals surface area (Å²) < 4.78 is 37.9. The van der Waals surface area contributed by atoms with E-state index < -0.39 is 17.6 Å². The van der Waals surface area contributed by atoms with Gasteiger partial charge in [-0.2, -0.15) is 13.2 Å². The minimum absolute atomic E-state index is 0.0342. The molecule has 0 saturated heterocycles. The van der Waals surface area contributed by atoms with Gasteiger partial charge < -0.3 is 0 Å². The second-order valence-electron chi connectivity index (χ2n) is 3.98. The van der Waals surface area contributed by atoms with Crippen LogP contribution in [-0.2, 0) is 6.18 Å². The van der Waals surface area contributed by atoms with Crippen LogP contribution in [0.4, 0.5) is 13.2 Å². The zero-order chi connectivity index (χ0) is 14.2. The number of hydrogen-bond donors (Lipinski definition) is 2. The van der Waals surface area contributed by atoms with E-state index in [1.54, 1.807) is 6.92 Å². The number of alkyl halides is 3. The molecule has 0 aliphatic heterocycles. The van der Waals surface area contributed by atoms with Gasteiger partial charge in [0, 0.05) is 11.1 Å². The monoisotopic (exact) mass is 270 g/mol. The van der Waals surface area contributed by atoms with Crippen molar-refractivity contribution < 1.29 is 23.2 Å². The van der Waals surface area contributed by atoms with E-state index in [2.05, 4.69) is 4.98 Å². The summed E-state index contributed by atoms with van der Waals surface area (Å²) in [4.78, 5) is 15.5. The number of halogens is 3. The third-order valence-corrected chi connectivity index (χ3v) is 2.61. The average molecular weight is 270 g/mol. The Kier molecular flexibility index (Phi) is 3.15. The summed E-state index contributed by atoms with van der Waals surface area (Å²) in [6.07, 6.45) is -4.51. The first kappa shape index (κ1) is 13.3. The number of hydrogen-bond acceptors (Lipinski definition) is 3. The minimum atomic E-state index is -4.51. The summed E-state index contributed by atoms with van der Waals surface area (Å²) in [5.41, 5.74) is 1.19. The lowest BCUT2D eigenvalue weighted by atomic mass is 10.0. The maximum Gasteiger partial charge on any atom is 0.416 e. The highest BCUT2D eigenvalue weighted by Gasteiger charge is 2.31. The molecule has 2 aromatic rings. The molecule has 7 heteroatoms. The van der Waals surface area contributed by atoms with Gasteiger partial charge in [-0.05, 0) is 31.2 Å². The lowest BCUT2D eigenvalue weighted by molar-refractivity contribution is -0.137. The van der Waals surface area contributed by atoms with Crippen LogP contribution in [0.15, 0.2) is 24.3 Å². The minimum Gasteiger partial charge on any atom is -0.288 e. The van der Waals surface area contributed by atoms with Crippen LogP contribution in [-0.4, -0.2) is 16.1 Å². The Labute approximate surface area is 105 Å². The molecule has 0 atom stereocenters. The Bertz CT molecular complexity index is 653. The van der Waals surface area contributed by atoms with Gasteiger partial charge in [-0.3, -0.25) is 15.0 Å². The van der Waals surface area contributed by atoms with Gasteiger partial charge in [0.1, 0.15) is 0 Å². The molecule has 0 fully saturated rings. The zero-order valence-electron chi connectivity index (χ0n) is 9.75. The van der Waals surface area contributed by atoms with Crippen LogP contribution in [0.25, 0.3) is 10.9 Å². The van der Waals surface area contributed by atoms with Gasteiger partial charge >= 0.3 is 6.18 Å². The van der Waals surface area contributed by atoms with Gasteiger partial charge in [-0.15, -0.1) is 0 Å². The highest BCUT2D eigenvalue weighted by atomic mass is 19.4. The third-order valence-electron chi connectivity index (χ3n) is 2.61. The standard InChI is InChI=1S/C12H9F3N2O2/c1-6-4-9(11(18)17-19)8-5-7(12(13,14)15)2-3-10(8)16-6/h2-5,19H,1H3,(H,17,18). The number of nitrogens with zero attached hydrogens (tertiary/aromatic N) is 1. The number of benzene rings is 1. The number of carbonyl (C=O) groups is 1. The molecule has 1 aromatic heterocycles. The number of rotatable bonds is 1. The summed E-state index contributed by atoms with van der Waals surface area (Å²) >= 11 is 0. The Balaban J connectivity index is 2.76. The number of fused-ring (bicyclic) bond motifs is 1. The predicted octanol–water partition coefficient (Wildman–Crippen LogP) is 2.68. The molecule has 0 spiro atoms. The molecule has 4 nitrogen and oxygen atoms in total. The smallest absolute Gasteiger partial charge is 0.288 e. The molecular weight excluding hydrogens is 261 g/mol. The molecule has 0 aliphatic rings. The lowest BCUT2D eigenvalue weighted by Crippen LogP contribution is -2.19. The van der Waals surface area contributed by atoms with Crippen molar-refractivity contribution in [3.63, 3.8) is 0 Å². The summed E-state index contributed by atoms with van der Waals surface area (Å²) in [5.74, 6) is -0.880. The number of amides is 1. The number of pyridine rings is 1. The SMILES string of the molecule is Cc1cc(C(=O)NO)c2cc(C(F)(F)F)ccc2n1. The Morgan fingerprint density at radius 3 is 2.58 bits per heavy atom. The van der Waals surface area contributed by atoms with Crippen molar-refractivity contribution in [2.45, 2.75) is 13.1 Å². The van der Waals surface area contributed by atoms with Gasteiger partial charge in [0.15, 0.2) is 0 Å². The van der Waals surface area contributed by atoms with E-state index in [0.717, 1.165) is 12.1 Å². The fourth-order valence-corrected chi connectivity index (χ4v) is 1.78. The van der Waals surface area contributed by atoms with E-state index in [-0.39, 0.29) is 16.5 Å².